The first-order valence-electron chi connectivity index (χ1n) is 6.86. The first-order valence-corrected chi connectivity index (χ1v) is 8.30. The molecule has 2 aromatic rings. The number of para-hydroxylation sites is 2. The Morgan fingerprint density at radius 2 is 1.73 bits per heavy atom. The van der Waals surface area contributed by atoms with E-state index in [2.05, 4.69) is 0 Å². The Morgan fingerprint density at radius 3 is 2.41 bits per heavy atom. The van der Waals surface area contributed by atoms with Gasteiger partial charge in [0.05, 0.1) is 17.1 Å². The van der Waals surface area contributed by atoms with E-state index in [-0.39, 0.29) is 11.4 Å². The summed E-state index contributed by atoms with van der Waals surface area (Å²) in [6.45, 7) is 3.84. The van der Waals surface area contributed by atoms with E-state index in [9.17, 15) is 12.8 Å². The number of hydrogen-bond donors (Lipinski definition) is 0. The highest BCUT2D eigenvalue weighted by Gasteiger charge is 2.38. The Hall–Kier alpha value is -2.08. The van der Waals surface area contributed by atoms with Crippen LogP contribution in [0.25, 0.3) is 0 Å². The normalized spacial score (nSPS) is 16.8. The Labute approximate surface area is 129 Å². The lowest BCUT2D eigenvalue weighted by molar-refractivity contribution is 0.110. The number of anilines is 1. The quantitative estimate of drug-likeness (QED) is 0.853. The number of fused-ring (bicyclic) bond motifs is 1. The van der Waals surface area contributed by atoms with Crippen molar-refractivity contribution in [3.8, 4) is 5.75 Å². The molecule has 0 amide bonds. The van der Waals surface area contributed by atoms with E-state index in [1.54, 1.807) is 24.3 Å². The van der Waals surface area contributed by atoms with Gasteiger partial charge in [-0.3, -0.25) is 4.31 Å². The largest absolute Gasteiger partial charge is 0.484 e. The van der Waals surface area contributed by atoms with E-state index in [4.69, 9.17) is 4.74 Å². The van der Waals surface area contributed by atoms with Gasteiger partial charge in [-0.25, -0.2) is 12.8 Å². The molecule has 0 atom stereocenters. The van der Waals surface area contributed by atoms with Crippen molar-refractivity contribution in [2.45, 2.75) is 24.3 Å². The second kappa shape index (κ2) is 4.98. The van der Waals surface area contributed by atoms with E-state index >= 15 is 0 Å². The topological polar surface area (TPSA) is 46.6 Å². The molecule has 0 saturated heterocycles. The van der Waals surface area contributed by atoms with Crippen LogP contribution in [-0.4, -0.2) is 20.6 Å². The molecule has 0 radical (unpaired) electrons. The van der Waals surface area contributed by atoms with Crippen molar-refractivity contribution in [3.63, 3.8) is 0 Å². The van der Waals surface area contributed by atoms with Crippen molar-refractivity contribution in [3.05, 3.63) is 54.3 Å². The van der Waals surface area contributed by atoms with E-state index < -0.39 is 21.4 Å². The number of halogens is 1. The second-order valence-electron chi connectivity index (χ2n) is 5.80. The van der Waals surface area contributed by atoms with Crippen molar-refractivity contribution in [2.75, 3.05) is 10.8 Å². The van der Waals surface area contributed by atoms with Gasteiger partial charge < -0.3 is 4.74 Å². The van der Waals surface area contributed by atoms with Crippen molar-refractivity contribution in [1.82, 2.24) is 0 Å². The van der Waals surface area contributed by atoms with Crippen molar-refractivity contribution in [2.24, 2.45) is 0 Å². The lowest BCUT2D eigenvalue weighted by Crippen LogP contribution is -2.49. The summed E-state index contributed by atoms with van der Waals surface area (Å²) >= 11 is 0. The smallest absolute Gasteiger partial charge is 0.264 e. The van der Waals surface area contributed by atoms with Crippen LogP contribution in [0.5, 0.6) is 5.75 Å². The molecule has 0 aromatic heterocycles. The summed E-state index contributed by atoms with van der Waals surface area (Å²) in [7, 11) is -3.78. The first-order chi connectivity index (χ1) is 10.3. The van der Waals surface area contributed by atoms with Crippen molar-refractivity contribution in [1.29, 1.82) is 0 Å². The zero-order valence-corrected chi connectivity index (χ0v) is 13.1. The summed E-state index contributed by atoms with van der Waals surface area (Å²) in [5.41, 5.74) is -0.160. The van der Waals surface area contributed by atoms with Gasteiger partial charge in [-0.2, -0.15) is 0 Å². The Morgan fingerprint density at radius 1 is 1.09 bits per heavy atom. The molecule has 0 unspecified atom stereocenters. The van der Waals surface area contributed by atoms with Crippen LogP contribution in [0.2, 0.25) is 0 Å². The van der Waals surface area contributed by atoms with Crippen LogP contribution < -0.4 is 9.04 Å². The summed E-state index contributed by atoms with van der Waals surface area (Å²) in [5, 5.41) is 0. The molecule has 116 valence electrons. The van der Waals surface area contributed by atoms with Gasteiger partial charge in [0, 0.05) is 0 Å². The summed E-state index contributed by atoms with van der Waals surface area (Å²) < 4.78 is 46.0. The van der Waals surface area contributed by atoms with Gasteiger partial charge >= 0.3 is 0 Å². The Kier molecular flexibility index (Phi) is 3.36. The number of hydrogen-bond acceptors (Lipinski definition) is 3. The van der Waals surface area contributed by atoms with Gasteiger partial charge in [-0.15, -0.1) is 0 Å². The van der Waals surface area contributed by atoms with Crippen LogP contribution in [0.1, 0.15) is 13.8 Å². The predicted molar refractivity (Wildman–Crippen MR) is 82.1 cm³/mol. The van der Waals surface area contributed by atoms with E-state index in [0.717, 1.165) is 12.1 Å². The third-order valence-electron chi connectivity index (χ3n) is 3.45. The summed E-state index contributed by atoms with van der Waals surface area (Å²) in [5.74, 6) is 0.0473. The van der Waals surface area contributed by atoms with Gasteiger partial charge in [0.2, 0.25) is 0 Å². The monoisotopic (exact) mass is 321 g/mol. The average Bonchev–Trinajstić information content (AvgIpc) is 2.46. The van der Waals surface area contributed by atoms with E-state index in [0.29, 0.717) is 11.4 Å². The van der Waals surface area contributed by atoms with Crippen LogP contribution in [0.15, 0.2) is 53.4 Å². The number of rotatable bonds is 2. The molecular weight excluding hydrogens is 305 g/mol. The number of ether oxygens (including phenoxy) is 1. The zero-order valence-electron chi connectivity index (χ0n) is 12.3. The Balaban J connectivity index is 2.12. The van der Waals surface area contributed by atoms with Gasteiger partial charge in [0.25, 0.3) is 10.0 Å². The molecule has 6 heteroatoms. The molecule has 1 heterocycles. The summed E-state index contributed by atoms with van der Waals surface area (Å²) in [6, 6.07) is 11.8. The van der Waals surface area contributed by atoms with Crippen LogP contribution in [0, 0.1) is 5.82 Å². The summed E-state index contributed by atoms with van der Waals surface area (Å²) in [4.78, 5) is 0.0569. The highest BCUT2D eigenvalue weighted by atomic mass is 32.2. The van der Waals surface area contributed by atoms with Crippen LogP contribution >= 0.6 is 0 Å². The van der Waals surface area contributed by atoms with Crippen LogP contribution in [0.3, 0.4) is 0 Å². The lowest BCUT2D eigenvalue weighted by atomic mass is 10.1. The average molecular weight is 321 g/mol. The molecule has 1 aliphatic rings. The molecule has 0 N–H and O–H groups in total. The third-order valence-corrected chi connectivity index (χ3v) is 5.22. The zero-order chi connectivity index (χ0) is 16.0. The third kappa shape index (κ3) is 2.54. The number of sulfonamides is 1. The fourth-order valence-corrected chi connectivity index (χ4v) is 4.08. The molecule has 0 saturated carbocycles. The molecule has 1 aliphatic heterocycles. The molecule has 0 spiro atoms. The van der Waals surface area contributed by atoms with E-state index in [1.165, 1.54) is 16.4 Å². The minimum absolute atomic E-state index is 0.0569. The highest BCUT2D eigenvalue weighted by molar-refractivity contribution is 7.92. The fourth-order valence-electron chi connectivity index (χ4n) is 2.46. The van der Waals surface area contributed by atoms with Crippen molar-refractivity contribution >= 4 is 15.7 Å². The van der Waals surface area contributed by atoms with Gasteiger partial charge in [-0.05, 0) is 50.2 Å². The van der Waals surface area contributed by atoms with Crippen molar-refractivity contribution < 1.29 is 17.5 Å². The Bertz CT molecular complexity index is 800. The molecule has 22 heavy (non-hydrogen) atoms. The second-order valence-corrected chi connectivity index (χ2v) is 7.66. The fraction of sp³-hybridized carbons (Fsp3) is 0.250. The van der Waals surface area contributed by atoms with E-state index in [1.807, 2.05) is 13.8 Å². The lowest BCUT2D eigenvalue weighted by Gasteiger charge is -2.39. The van der Waals surface area contributed by atoms with Gasteiger partial charge in [0.1, 0.15) is 17.2 Å². The molecule has 0 fully saturated rings. The van der Waals surface area contributed by atoms with Crippen LogP contribution in [-0.2, 0) is 10.0 Å². The molecule has 0 aliphatic carbocycles. The van der Waals surface area contributed by atoms with Gasteiger partial charge in [0.15, 0.2) is 0 Å². The number of nitrogens with zero attached hydrogens (tertiary/aromatic N) is 1. The SMILES string of the molecule is CC1(C)CN(S(=O)(=O)c2ccc(F)cc2)c2ccccc2O1. The number of benzene rings is 2. The highest BCUT2D eigenvalue weighted by Crippen LogP contribution is 2.39. The maximum Gasteiger partial charge on any atom is 0.264 e. The maximum absolute atomic E-state index is 13.1. The predicted octanol–water partition coefficient (Wildman–Crippen LogP) is 3.19. The molecule has 0 bridgehead atoms. The van der Waals surface area contributed by atoms with Crippen LogP contribution in [0.4, 0.5) is 10.1 Å². The molecular formula is C16H16FNO3S. The maximum atomic E-state index is 13.1. The molecule has 2 aromatic carbocycles. The first kappa shape index (κ1) is 14.8. The standard InChI is InChI=1S/C16H16FNO3S/c1-16(2)11-18(14-5-3-4-6-15(14)21-16)22(19,20)13-9-7-12(17)8-10-13/h3-10H,11H2,1-2H3. The minimum Gasteiger partial charge on any atom is -0.484 e. The van der Waals surface area contributed by atoms with Gasteiger partial charge in [-0.1, -0.05) is 12.1 Å². The minimum atomic E-state index is -3.78. The molecule has 4 nitrogen and oxygen atoms in total. The molecule has 3 rings (SSSR count). The summed E-state index contributed by atoms with van der Waals surface area (Å²) in [6.07, 6.45) is 0.